The Morgan fingerprint density at radius 2 is 0.421 bits per heavy atom. The van der Waals surface area contributed by atoms with E-state index in [1.807, 2.05) is 145 Å². The zero-order chi connectivity index (χ0) is 90.0. The van der Waals surface area contributed by atoms with Gasteiger partial charge in [-0.25, -0.2) is 0 Å². The van der Waals surface area contributed by atoms with Gasteiger partial charge in [-0.1, -0.05) is 123 Å². The Morgan fingerprint density at radius 3 is 0.579 bits per heavy atom. The highest BCUT2D eigenvalue weighted by Crippen LogP contribution is 2.21. The molecule has 114 heavy (non-hydrogen) atoms. The fraction of sp³-hybridized carbons (Fsp3) is 1.00. The molecule has 0 aliphatic rings. The maximum absolute atomic E-state index is 5.75. The SMILES string of the molecule is CC(C)(C)OB(OC(C)(C)C)OC(C)(C)C.CC(C)COB(OCC(C)C)OCC(C)C.CC(C)OB(OC(C)C)OC(C)C.CCC(C)OB(OC(C)CC)OC(C)CC.CCCCOB(OCCCC)OCCCC.CCCOB(OCCC)OCCC.CCOB(OCC)OCC.COB(OC)OC.COB(OC)OC. The molecule has 3 atom stereocenters. The average molecular weight is 1650 g/mol. The molecule has 0 aliphatic carbocycles. The second kappa shape index (κ2) is 93.2. The first kappa shape index (κ1) is 132. The molecule has 0 aromatic carbocycles. The van der Waals surface area contributed by atoms with Crippen molar-refractivity contribution in [3.05, 3.63) is 0 Å². The Balaban J connectivity index is -0.000000157. The minimum absolute atomic E-state index is 0.113. The van der Waals surface area contributed by atoms with Crippen LogP contribution < -0.4 is 0 Å². The van der Waals surface area contributed by atoms with Crippen LogP contribution >= 0.6 is 0 Å². The molecule has 0 fully saturated rings. The number of hydrogen-bond acceptors (Lipinski definition) is 27. The topological polar surface area (TPSA) is 249 Å². The lowest BCUT2D eigenvalue weighted by molar-refractivity contribution is -0.0504. The van der Waals surface area contributed by atoms with Crippen LogP contribution in [-0.4, -0.2) is 241 Å². The minimum Gasteiger partial charge on any atom is -0.389 e. The summed E-state index contributed by atoms with van der Waals surface area (Å²) < 4.78 is 143. The van der Waals surface area contributed by atoms with E-state index >= 15 is 0 Å². The quantitative estimate of drug-likeness (QED) is 0.0405. The van der Waals surface area contributed by atoms with E-state index in [1.54, 1.807) is 0 Å². The molecule has 0 radical (unpaired) electrons. The van der Waals surface area contributed by atoms with Crippen molar-refractivity contribution in [2.24, 2.45) is 17.8 Å². The van der Waals surface area contributed by atoms with Gasteiger partial charge < -0.3 is 126 Å². The van der Waals surface area contributed by atoms with Gasteiger partial charge in [0, 0.05) is 175 Å². The second-order valence-electron chi connectivity index (χ2n) is 31.2. The predicted octanol–water partition coefficient (Wildman–Crippen LogP) is 18.6. The van der Waals surface area contributed by atoms with Crippen molar-refractivity contribution in [1.82, 2.24) is 0 Å². The fourth-order valence-electron chi connectivity index (χ4n) is 6.64. The van der Waals surface area contributed by atoms with E-state index in [-0.39, 0.29) is 53.4 Å². The van der Waals surface area contributed by atoms with E-state index < -0.39 is 65.9 Å². The molecule has 0 N–H and O–H groups in total. The Morgan fingerprint density at radius 1 is 0.219 bits per heavy atom. The minimum atomic E-state index is -0.639. The molecule has 0 rings (SSSR count). The van der Waals surface area contributed by atoms with Gasteiger partial charge in [-0.2, -0.15) is 0 Å². The van der Waals surface area contributed by atoms with Crippen LogP contribution in [0.1, 0.15) is 326 Å². The summed E-state index contributed by atoms with van der Waals surface area (Å²) in [5, 5.41) is 0. The fourth-order valence-corrected chi connectivity index (χ4v) is 6.64. The molecule has 0 aromatic heterocycles. The molecule has 0 aliphatic heterocycles. The third-order valence-electron chi connectivity index (χ3n) is 12.6. The van der Waals surface area contributed by atoms with Gasteiger partial charge in [-0.3, -0.25) is 0 Å². The predicted molar refractivity (Wildman–Crippen MR) is 476 cm³/mol. The van der Waals surface area contributed by atoms with Crippen LogP contribution in [0.3, 0.4) is 0 Å². The molecule has 3 unspecified atom stereocenters. The summed E-state index contributed by atoms with van der Waals surface area (Å²) in [6, 6.07) is 0. The number of rotatable bonds is 60. The lowest BCUT2D eigenvalue weighted by atomic mass is 10.0. The van der Waals surface area contributed by atoms with Crippen LogP contribution in [-0.2, 0) is 126 Å². The van der Waals surface area contributed by atoms with Crippen LogP contribution in [0.15, 0.2) is 0 Å². The van der Waals surface area contributed by atoms with Crippen molar-refractivity contribution in [2.75, 3.05) is 122 Å². The highest BCUT2D eigenvalue weighted by atomic mass is 16.8. The molecule has 0 aromatic rings. The van der Waals surface area contributed by atoms with Crippen LogP contribution in [0, 0.1) is 17.8 Å². The molecule has 36 heteroatoms. The van der Waals surface area contributed by atoms with Crippen molar-refractivity contribution in [3.8, 4) is 0 Å². The number of unbranched alkanes of at least 4 members (excludes halogenated alkanes) is 3. The maximum Gasteiger partial charge on any atom is 0.640 e. The van der Waals surface area contributed by atoms with Crippen molar-refractivity contribution >= 4 is 65.9 Å². The molecule has 0 saturated heterocycles. The summed E-state index contributed by atoms with van der Waals surface area (Å²) in [6.07, 6.45) is 13.3. The van der Waals surface area contributed by atoms with E-state index in [4.69, 9.17) is 97.7 Å². The van der Waals surface area contributed by atoms with Crippen molar-refractivity contribution in [3.63, 3.8) is 0 Å². The lowest BCUT2D eigenvalue weighted by Crippen LogP contribution is -2.44. The summed E-state index contributed by atoms with van der Waals surface area (Å²) in [5.74, 6) is 1.48. The van der Waals surface area contributed by atoms with E-state index in [9.17, 15) is 0 Å². The summed E-state index contributed by atoms with van der Waals surface area (Å²) in [4.78, 5) is 0. The molecule has 27 nitrogen and oxygen atoms in total. The summed E-state index contributed by atoms with van der Waals surface area (Å²) >= 11 is 0. The first-order chi connectivity index (χ1) is 53.4. The highest BCUT2D eigenvalue weighted by molar-refractivity contribution is 6.38. The highest BCUT2D eigenvalue weighted by Gasteiger charge is 2.36. The smallest absolute Gasteiger partial charge is 0.389 e. The second-order valence-corrected chi connectivity index (χ2v) is 31.2. The first-order valence-corrected chi connectivity index (χ1v) is 42.9. The van der Waals surface area contributed by atoms with Gasteiger partial charge in [0.1, 0.15) is 0 Å². The summed E-state index contributed by atoms with van der Waals surface area (Å²) in [6.45, 7) is 81.1. The van der Waals surface area contributed by atoms with E-state index in [1.165, 1.54) is 42.7 Å². The van der Waals surface area contributed by atoms with E-state index in [0.717, 1.165) is 96.9 Å². The Kier molecular flexibility index (Phi) is 108. The monoisotopic (exact) mass is 1650 g/mol. The third-order valence-corrected chi connectivity index (χ3v) is 12.6. The summed E-state index contributed by atoms with van der Waals surface area (Å²) in [7, 11) is 4.44. The van der Waals surface area contributed by atoms with Gasteiger partial charge in [0.25, 0.3) is 0 Å². The van der Waals surface area contributed by atoms with Crippen LogP contribution in [0.2, 0.25) is 0 Å². The van der Waals surface area contributed by atoms with Crippen LogP contribution in [0.5, 0.6) is 0 Å². The standard InChI is InChI=1S/4C12H27BO3.2C9H21BO3.C6H15BO3.2C3H9BO3/c1-10(2)7-14-13(15-8-11(3)4)16-9-12(5)6;1-10(2,3)14-13(15-11(4,5)6)16-12(7,8)9;1-7-10(4)14-13(15-11(5)8-2)16-12(6)9-3;1-4-7-10-14-13(15-11-8-5-2)16-12-9-6-3;1-7(2)11-10(12-8(3)4)13-9(5)6;1-4-7-11-10(12-8-5-2)13-9-6-3;1-4-8-7(9-5-2)10-6-3;2*1-5-4(6-2)7-3/h10-12H,7-9H2,1-6H3;1-9H3;10-12H,7-9H2,1-6H3;4-12H2,1-3H3;7-9H,1-6H3;4-9H2,1-3H3;4-6H2,1-3H3;2*1-3H3. The van der Waals surface area contributed by atoms with Crippen molar-refractivity contribution in [2.45, 2.75) is 380 Å². The molecule has 0 saturated carbocycles. The molecule has 0 spiro atoms. The van der Waals surface area contributed by atoms with Gasteiger partial charge >= 0.3 is 65.9 Å². The van der Waals surface area contributed by atoms with Crippen molar-refractivity contribution < 1.29 is 126 Å². The zero-order valence-electron chi connectivity index (χ0n) is 81.9. The molecular weight excluding hydrogens is 1470 g/mol. The zero-order valence-corrected chi connectivity index (χ0v) is 81.9. The first-order valence-electron chi connectivity index (χ1n) is 42.9. The average Bonchev–Trinajstić information content (AvgIpc) is 0.873. The van der Waals surface area contributed by atoms with Crippen LogP contribution in [0.25, 0.3) is 0 Å². The normalized spacial score (nSPS) is 12.0. The Bertz CT molecular complexity index is 1590. The molecule has 0 bridgehead atoms. The van der Waals surface area contributed by atoms with Crippen LogP contribution in [0.4, 0.5) is 0 Å². The van der Waals surface area contributed by atoms with Gasteiger partial charge in [0.05, 0.1) is 0 Å². The number of hydrogen-bond donors (Lipinski definition) is 0. The Labute approximate surface area is 707 Å². The molecule has 684 valence electrons. The molecule has 0 heterocycles. The van der Waals surface area contributed by atoms with E-state index in [0.29, 0.717) is 77.2 Å². The largest absolute Gasteiger partial charge is 0.640 e. The van der Waals surface area contributed by atoms with Gasteiger partial charge in [-0.05, 0) is 221 Å². The summed E-state index contributed by atoms with van der Waals surface area (Å²) in [5.41, 5.74) is -0.872. The van der Waals surface area contributed by atoms with Gasteiger partial charge in [-0.15, -0.1) is 0 Å². The maximum atomic E-state index is 5.75. The third kappa shape index (κ3) is 118. The van der Waals surface area contributed by atoms with Gasteiger partial charge in [0.15, 0.2) is 0 Å². The van der Waals surface area contributed by atoms with E-state index in [2.05, 4.69) is 132 Å². The molecule has 0 amide bonds. The lowest BCUT2D eigenvalue weighted by Gasteiger charge is -2.33. The van der Waals surface area contributed by atoms with Crippen molar-refractivity contribution in [1.29, 1.82) is 0 Å². The molecular formula is C78H183B9O27. The van der Waals surface area contributed by atoms with Gasteiger partial charge in [0.2, 0.25) is 0 Å². The Hall–Kier alpha value is -0.496.